The molecule has 0 spiro atoms. The highest BCUT2D eigenvalue weighted by Crippen LogP contribution is 2.36. The Morgan fingerprint density at radius 1 is 1.12 bits per heavy atom. The molecule has 1 aliphatic heterocycles. The molecule has 1 N–H and O–H groups in total. The zero-order valence-electron chi connectivity index (χ0n) is 17.9. The highest BCUT2D eigenvalue weighted by Gasteiger charge is 2.28. The maximum Gasteiger partial charge on any atom is 0.245 e. The Hall–Kier alpha value is -4.26. The minimum Gasteiger partial charge on any atom is -0.504 e. The SMILES string of the molecule is C=CC(=O)N1CCC(c2cc(-c3ccc(Oc4ccccc4O)nc3)cc3cncnc23)C1. The first-order valence-corrected chi connectivity index (χ1v) is 10.7. The predicted octanol–water partition coefficient (Wildman–Crippen LogP) is 4.69. The van der Waals surface area contributed by atoms with Crippen LogP contribution < -0.4 is 4.74 Å². The van der Waals surface area contributed by atoms with Crippen molar-refractivity contribution in [2.45, 2.75) is 12.3 Å². The number of nitrogens with zero attached hydrogens (tertiary/aromatic N) is 4. The van der Waals surface area contributed by atoms with Gasteiger partial charge >= 0.3 is 0 Å². The van der Waals surface area contributed by atoms with Crippen LogP contribution in [0.2, 0.25) is 0 Å². The first-order valence-electron chi connectivity index (χ1n) is 10.7. The molecular weight excluding hydrogens is 416 g/mol. The van der Waals surface area contributed by atoms with Gasteiger partial charge in [0.25, 0.3) is 0 Å². The van der Waals surface area contributed by atoms with Crippen molar-refractivity contribution in [2.75, 3.05) is 13.1 Å². The predicted molar refractivity (Wildman–Crippen MR) is 125 cm³/mol. The lowest BCUT2D eigenvalue weighted by molar-refractivity contribution is -0.125. The highest BCUT2D eigenvalue weighted by atomic mass is 16.5. The summed E-state index contributed by atoms with van der Waals surface area (Å²) in [6, 6.07) is 14.6. The van der Waals surface area contributed by atoms with E-state index < -0.39 is 0 Å². The van der Waals surface area contributed by atoms with E-state index in [2.05, 4.69) is 27.6 Å². The number of rotatable bonds is 5. The fourth-order valence-corrected chi connectivity index (χ4v) is 4.22. The van der Waals surface area contributed by atoms with Crippen LogP contribution in [0.1, 0.15) is 17.9 Å². The molecule has 7 heteroatoms. The molecule has 1 unspecified atom stereocenters. The van der Waals surface area contributed by atoms with E-state index >= 15 is 0 Å². The number of hydrogen-bond acceptors (Lipinski definition) is 6. The van der Waals surface area contributed by atoms with Crippen LogP contribution in [0.3, 0.4) is 0 Å². The van der Waals surface area contributed by atoms with Crippen molar-refractivity contribution in [3.8, 4) is 28.5 Å². The number of ether oxygens (including phenoxy) is 1. The summed E-state index contributed by atoms with van der Waals surface area (Å²) in [4.78, 5) is 27.0. The van der Waals surface area contributed by atoms with Crippen molar-refractivity contribution >= 4 is 16.8 Å². The molecule has 5 rings (SSSR count). The molecule has 7 nitrogen and oxygen atoms in total. The number of pyridine rings is 1. The molecule has 3 heterocycles. The maximum absolute atomic E-state index is 12.1. The molecule has 1 aliphatic rings. The Balaban J connectivity index is 1.47. The number of phenolic OH excluding ortho intramolecular Hbond substituents is 1. The van der Waals surface area contributed by atoms with Gasteiger partial charge in [-0.15, -0.1) is 0 Å². The molecule has 0 aliphatic carbocycles. The lowest BCUT2D eigenvalue weighted by atomic mass is 9.92. The molecule has 2 aromatic heterocycles. The molecule has 164 valence electrons. The van der Waals surface area contributed by atoms with E-state index in [4.69, 9.17) is 4.74 Å². The number of para-hydroxylation sites is 2. The van der Waals surface area contributed by atoms with Crippen LogP contribution in [0.4, 0.5) is 0 Å². The number of fused-ring (bicyclic) bond motifs is 1. The molecule has 1 atom stereocenters. The van der Waals surface area contributed by atoms with E-state index in [-0.39, 0.29) is 17.6 Å². The third-order valence-electron chi connectivity index (χ3n) is 5.90. The number of aromatic hydroxyl groups is 1. The van der Waals surface area contributed by atoms with Crippen molar-refractivity contribution in [2.24, 2.45) is 0 Å². The summed E-state index contributed by atoms with van der Waals surface area (Å²) in [6.45, 7) is 4.94. The number of phenols is 1. The molecular formula is C26H22N4O3. The quantitative estimate of drug-likeness (QED) is 0.455. The molecule has 33 heavy (non-hydrogen) atoms. The first-order chi connectivity index (χ1) is 16.1. The van der Waals surface area contributed by atoms with E-state index in [9.17, 15) is 9.90 Å². The number of carbonyl (C=O) groups excluding carboxylic acids is 1. The summed E-state index contributed by atoms with van der Waals surface area (Å²) in [5.41, 5.74) is 3.91. The lowest BCUT2D eigenvalue weighted by Gasteiger charge is -2.17. The molecule has 4 aromatic rings. The standard InChI is InChI=1S/C26H22N4O3/c1-2-25(32)30-10-9-18(15-30)21-12-19(11-20-13-27-16-29-26(20)21)17-7-8-24(28-14-17)33-23-6-4-3-5-22(23)31/h2-8,11-14,16,18,31H,1,9-10,15H2. The first kappa shape index (κ1) is 20.6. The van der Waals surface area contributed by atoms with Crippen molar-refractivity contribution in [3.05, 3.63) is 85.5 Å². The minimum absolute atomic E-state index is 0.0446. The average Bonchev–Trinajstić information content (AvgIpc) is 3.35. The maximum atomic E-state index is 12.1. The lowest BCUT2D eigenvalue weighted by Crippen LogP contribution is -2.26. The van der Waals surface area contributed by atoms with E-state index in [1.807, 2.05) is 17.0 Å². The highest BCUT2D eigenvalue weighted by molar-refractivity contribution is 5.89. The summed E-state index contributed by atoms with van der Waals surface area (Å²) < 4.78 is 5.69. The molecule has 0 bridgehead atoms. The van der Waals surface area contributed by atoms with E-state index in [0.29, 0.717) is 24.7 Å². The number of carbonyl (C=O) groups is 1. The largest absolute Gasteiger partial charge is 0.504 e. The van der Waals surface area contributed by atoms with Crippen LogP contribution in [-0.2, 0) is 4.79 Å². The minimum atomic E-state index is -0.0446. The fraction of sp³-hybridized carbons (Fsp3) is 0.154. The van der Waals surface area contributed by atoms with Gasteiger partial charge in [0.05, 0.1) is 5.52 Å². The normalized spacial score (nSPS) is 15.5. The zero-order valence-corrected chi connectivity index (χ0v) is 17.9. The molecule has 2 aromatic carbocycles. The summed E-state index contributed by atoms with van der Waals surface area (Å²) in [7, 11) is 0. The molecule has 1 fully saturated rings. The smallest absolute Gasteiger partial charge is 0.245 e. The van der Waals surface area contributed by atoms with E-state index in [1.54, 1.807) is 49.1 Å². The second kappa shape index (κ2) is 8.70. The molecule has 1 saturated heterocycles. The second-order valence-electron chi connectivity index (χ2n) is 7.95. The van der Waals surface area contributed by atoms with Gasteiger partial charge in [-0.25, -0.2) is 15.0 Å². The van der Waals surface area contributed by atoms with E-state index in [1.165, 1.54) is 6.08 Å². The number of likely N-dealkylation sites (tertiary alicyclic amines) is 1. The number of aromatic nitrogens is 3. The molecule has 1 amide bonds. The van der Waals surface area contributed by atoms with Crippen LogP contribution in [0.5, 0.6) is 17.4 Å². The Bertz CT molecular complexity index is 1340. The number of amides is 1. The summed E-state index contributed by atoms with van der Waals surface area (Å²) in [6.07, 6.45) is 7.34. The third-order valence-corrected chi connectivity index (χ3v) is 5.90. The zero-order chi connectivity index (χ0) is 22.8. The van der Waals surface area contributed by atoms with Gasteiger partial charge in [-0.3, -0.25) is 4.79 Å². The van der Waals surface area contributed by atoms with Gasteiger partial charge in [-0.1, -0.05) is 18.7 Å². The van der Waals surface area contributed by atoms with Crippen LogP contribution >= 0.6 is 0 Å². The number of hydrogen-bond donors (Lipinski definition) is 1. The van der Waals surface area contributed by atoms with Crippen molar-refractivity contribution in [1.29, 1.82) is 0 Å². The Kier molecular flexibility index (Phi) is 5.44. The monoisotopic (exact) mass is 438 g/mol. The van der Waals surface area contributed by atoms with Gasteiger partial charge in [0.15, 0.2) is 11.5 Å². The van der Waals surface area contributed by atoms with Gasteiger partial charge in [-0.05, 0) is 54.0 Å². The van der Waals surface area contributed by atoms with Gasteiger partial charge in [0, 0.05) is 48.4 Å². The second-order valence-corrected chi connectivity index (χ2v) is 7.95. The van der Waals surface area contributed by atoms with Crippen molar-refractivity contribution < 1.29 is 14.6 Å². The topological polar surface area (TPSA) is 88.4 Å². The van der Waals surface area contributed by atoms with Crippen LogP contribution in [0, 0.1) is 0 Å². The Morgan fingerprint density at radius 3 is 2.79 bits per heavy atom. The third kappa shape index (κ3) is 4.13. The van der Waals surface area contributed by atoms with Crippen LogP contribution in [-0.4, -0.2) is 44.0 Å². The Morgan fingerprint density at radius 2 is 2.00 bits per heavy atom. The molecule has 0 saturated carbocycles. The molecule has 0 radical (unpaired) electrons. The van der Waals surface area contributed by atoms with Gasteiger partial charge in [0.2, 0.25) is 11.8 Å². The van der Waals surface area contributed by atoms with Gasteiger partial charge < -0.3 is 14.7 Å². The van der Waals surface area contributed by atoms with Crippen molar-refractivity contribution in [1.82, 2.24) is 19.9 Å². The summed E-state index contributed by atoms with van der Waals surface area (Å²) in [5, 5.41) is 10.9. The van der Waals surface area contributed by atoms with E-state index in [0.717, 1.165) is 34.0 Å². The van der Waals surface area contributed by atoms with Crippen LogP contribution in [0.25, 0.3) is 22.0 Å². The fourth-order valence-electron chi connectivity index (χ4n) is 4.22. The summed E-state index contributed by atoms with van der Waals surface area (Å²) >= 11 is 0. The van der Waals surface area contributed by atoms with Gasteiger partial charge in [-0.2, -0.15) is 0 Å². The number of benzene rings is 2. The summed E-state index contributed by atoms with van der Waals surface area (Å²) in [5.74, 6) is 0.935. The van der Waals surface area contributed by atoms with Crippen molar-refractivity contribution in [3.63, 3.8) is 0 Å². The van der Waals surface area contributed by atoms with Crippen LogP contribution in [0.15, 0.2) is 79.9 Å². The average molecular weight is 438 g/mol. The Labute approximate surface area is 191 Å². The van der Waals surface area contributed by atoms with Gasteiger partial charge in [0.1, 0.15) is 6.33 Å².